The summed E-state index contributed by atoms with van der Waals surface area (Å²) in [4.78, 5) is 0.838. The third kappa shape index (κ3) is 3.63. The van der Waals surface area contributed by atoms with Gasteiger partial charge in [-0.25, -0.2) is 13.1 Å². The first-order valence-corrected chi connectivity index (χ1v) is 8.11. The molecule has 19 heavy (non-hydrogen) atoms. The van der Waals surface area contributed by atoms with Crippen molar-refractivity contribution < 1.29 is 13.5 Å². The van der Waals surface area contributed by atoms with Crippen molar-refractivity contribution in [2.24, 2.45) is 0 Å². The number of sulfonamides is 1. The van der Waals surface area contributed by atoms with Crippen molar-refractivity contribution in [1.29, 1.82) is 0 Å². The van der Waals surface area contributed by atoms with E-state index >= 15 is 0 Å². The molecule has 1 heterocycles. The summed E-state index contributed by atoms with van der Waals surface area (Å²) in [6, 6.07) is 9.17. The largest absolute Gasteiger partial charge is 0.391 e. The predicted molar refractivity (Wildman–Crippen MR) is 75.4 cm³/mol. The summed E-state index contributed by atoms with van der Waals surface area (Å²) in [5, 5.41) is 10.5. The lowest BCUT2D eigenvalue weighted by molar-refractivity contribution is 0.285. The fraction of sp³-hybridized carbons (Fsp3) is 0.231. The van der Waals surface area contributed by atoms with E-state index in [1.165, 1.54) is 22.8 Å². The standard InChI is InChI=1S/C13H15NO3S2/c1-10-3-2-4-11(5-10)7-14-19(16,17)13-6-12(8-15)18-9-13/h2-6,9,14-15H,7-8H2,1H3. The third-order valence-electron chi connectivity index (χ3n) is 2.64. The molecule has 2 rings (SSSR count). The van der Waals surface area contributed by atoms with Crippen LogP contribution in [0.1, 0.15) is 16.0 Å². The molecule has 4 nitrogen and oxygen atoms in total. The Hall–Kier alpha value is -1.21. The number of benzene rings is 1. The molecule has 0 unspecified atom stereocenters. The maximum atomic E-state index is 12.0. The Morgan fingerprint density at radius 2 is 2.11 bits per heavy atom. The van der Waals surface area contributed by atoms with E-state index in [0.717, 1.165) is 11.1 Å². The van der Waals surface area contributed by atoms with Gasteiger partial charge in [0.1, 0.15) is 0 Å². The smallest absolute Gasteiger partial charge is 0.241 e. The van der Waals surface area contributed by atoms with Crippen LogP contribution in [0.5, 0.6) is 0 Å². The van der Waals surface area contributed by atoms with Crippen LogP contribution in [0.25, 0.3) is 0 Å². The molecular formula is C13H15NO3S2. The fourth-order valence-corrected chi connectivity index (χ4v) is 3.82. The van der Waals surface area contributed by atoms with E-state index in [1.54, 1.807) is 0 Å². The molecule has 0 atom stereocenters. The van der Waals surface area contributed by atoms with Crippen LogP contribution in [-0.2, 0) is 23.2 Å². The fourth-order valence-electron chi connectivity index (χ4n) is 1.67. The molecule has 6 heteroatoms. The molecule has 1 aromatic heterocycles. The summed E-state index contributed by atoms with van der Waals surface area (Å²) >= 11 is 1.23. The normalized spacial score (nSPS) is 11.7. The van der Waals surface area contributed by atoms with Crippen molar-refractivity contribution in [2.75, 3.05) is 0 Å². The molecule has 0 saturated heterocycles. The summed E-state index contributed by atoms with van der Waals surface area (Å²) in [7, 11) is -3.51. The lowest BCUT2D eigenvalue weighted by Gasteiger charge is -2.05. The maximum absolute atomic E-state index is 12.0. The number of nitrogens with one attached hydrogen (secondary N) is 1. The van der Waals surface area contributed by atoms with Crippen LogP contribution < -0.4 is 4.72 Å². The molecule has 0 spiro atoms. The molecule has 0 aliphatic carbocycles. The Morgan fingerprint density at radius 1 is 1.32 bits per heavy atom. The van der Waals surface area contributed by atoms with Crippen LogP contribution >= 0.6 is 11.3 Å². The minimum Gasteiger partial charge on any atom is -0.391 e. The van der Waals surface area contributed by atoms with Gasteiger partial charge in [-0.05, 0) is 18.6 Å². The molecule has 0 saturated carbocycles. The van der Waals surface area contributed by atoms with Crippen LogP contribution in [-0.4, -0.2) is 13.5 Å². The lowest BCUT2D eigenvalue weighted by atomic mass is 10.1. The average Bonchev–Trinajstić information content (AvgIpc) is 2.86. The highest BCUT2D eigenvalue weighted by molar-refractivity contribution is 7.89. The van der Waals surface area contributed by atoms with Gasteiger partial charge in [-0.2, -0.15) is 0 Å². The van der Waals surface area contributed by atoms with Crippen molar-refractivity contribution in [3.63, 3.8) is 0 Å². The van der Waals surface area contributed by atoms with E-state index < -0.39 is 10.0 Å². The quantitative estimate of drug-likeness (QED) is 0.887. The molecule has 2 N–H and O–H groups in total. The van der Waals surface area contributed by atoms with Crippen molar-refractivity contribution in [1.82, 2.24) is 4.72 Å². The Bertz CT molecular complexity index is 662. The Labute approximate surface area is 116 Å². The van der Waals surface area contributed by atoms with Crippen LogP contribution in [0, 0.1) is 6.92 Å². The minimum atomic E-state index is -3.51. The number of thiophene rings is 1. The van der Waals surface area contributed by atoms with Gasteiger partial charge in [-0.3, -0.25) is 0 Å². The summed E-state index contributed by atoms with van der Waals surface area (Å²) in [5.41, 5.74) is 2.01. The van der Waals surface area contributed by atoms with Crippen LogP contribution in [0.4, 0.5) is 0 Å². The Kier molecular flexibility index (Phi) is 4.36. The van der Waals surface area contributed by atoms with Crippen LogP contribution in [0.2, 0.25) is 0 Å². The van der Waals surface area contributed by atoms with Crippen LogP contribution in [0.3, 0.4) is 0 Å². The van der Waals surface area contributed by atoms with Crippen molar-refractivity contribution in [2.45, 2.75) is 25.0 Å². The zero-order valence-corrected chi connectivity index (χ0v) is 12.1. The summed E-state index contributed by atoms with van der Waals surface area (Å²) < 4.78 is 26.6. The number of aliphatic hydroxyl groups is 1. The average molecular weight is 297 g/mol. The van der Waals surface area contributed by atoms with Gasteiger partial charge >= 0.3 is 0 Å². The van der Waals surface area contributed by atoms with Gasteiger partial charge in [-0.15, -0.1) is 11.3 Å². The number of hydrogen-bond donors (Lipinski definition) is 2. The molecule has 0 fully saturated rings. The number of aryl methyl sites for hydroxylation is 1. The first-order valence-electron chi connectivity index (χ1n) is 5.75. The molecular weight excluding hydrogens is 282 g/mol. The molecule has 0 radical (unpaired) electrons. The van der Waals surface area contributed by atoms with Gasteiger partial charge in [0.2, 0.25) is 10.0 Å². The first-order chi connectivity index (χ1) is 9.01. The Balaban J connectivity index is 2.09. The van der Waals surface area contributed by atoms with E-state index in [-0.39, 0.29) is 18.0 Å². The molecule has 2 aromatic rings. The molecule has 1 aromatic carbocycles. The van der Waals surface area contributed by atoms with Gasteiger partial charge in [0.25, 0.3) is 0 Å². The van der Waals surface area contributed by atoms with Gasteiger partial charge in [0.05, 0.1) is 11.5 Å². The van der Waals surface area contributed by atoms with E-state index in [4.69, 9.17) is 5.11 Å². The highest BCUT2D eigenvalue weighted by Crippen LogP contribution is 2.19. The monoisotopic (exact) mass is 297 g/mol. The topological polar surface area (TPSA) is 66.4 Å². The molecule has 0 amide bonds. The number of hydrogen-bond acceptors (Lipinski definition) is 4. The number of rotatable bonds is 5. The predicted octanol–water partition coefficient (Wildman–Crippen LogP) is 2.03. The second kappa shape index (κ2) is 5.83. The highest BCUT2D eigenvalue weighted by atomic mass is 32.2. The lowest BCUT2D eigenvalue weighted by Crippen LogP contribution is -2.22. The molecule has 0 aliphatic rings. The Morgan fingerprint density at radius 3 is 2.74 bits per heavy atom. The number of aliphatic hydroxyl groups excluding tert-OH is 1. The summed E-state index contributed by atoms with van der Waals surface area (Å²) in [6.45, 7) is 2.08. The second-order valence-corrected chi connectivity index (χ2v) is 6.98. The van der Waals surface area contributed by atoms with Crippen LogP contribution in [0.15, 0.2) is 40.6 Å². The van der Waals surface area contributed by atoms with Crippen molar-refractivity contribution in [3.05, 3.63) is 51.7 Å². The van der Waals surface area contributed by atoms with Crippen molar-refractivity contribution >= 4 is 21.4 Å². The highest BCUT2D eigenvalue weighted by Gasteiger charge is 2.15. The SMILES string of the molecule is Cc1cccc(CNS(=O)(=O)c2csc(CO)c2)c1. The van der Waals surface area contributed by atoms with E-state index in [0.29, 0.717) is 4.88 Å². The van der Waals surface area contributed by atoms with Gasteiger partial charge < -0.3 is 5.11 Å². The van der Waals surface area contributed by atoms with Gasteiger partial charge in [-0.1, -0.05) is 29.8 Å². The van der Waals surface area contributed by atoms with E-state index in [2.05, 4.69) is 4.72 Å². The van der Waals surface area contributed by atoms with E-state index in [1.807, 2.05) is 31.2 Å². The maximum Gasteiger partial charge on any atom is 0.241 e. The van der Waals surface area contributed by atoms with Crippen molar-refractivity contribution in [3.8, 4) is 0 Å². The third-order valence-corrected chi connectivity index (χ3v) is 5.10. The molecule has 102 valence electrons. The molecule has 0 bridgehead atoms. The summed E-state index contributed by atoms with van der Waals surface area (Å²) in [6.07, 6.45) is 0. The zero-order valence-electron chi connectivity index (χ0n) is 10.5. The zero-order chi connectivity index (χ0) is 13.9. The van der Waals surface area contributed by atoms with E-state index in [9.17, 15) is 8.42 Å². The van der Waals surface area contributed by atoms with Gasteiger partial charge in [0.15, 0.2) is 0 Å². The summed E-state index contributed by atoms with van der Waals surface area (Å²) in [5.74, 6) is 0. The second-order valence-electron chi connectivity index (χ2n) is 4.22. The minimum absolute atomic E-state index is 0.141. The molecule has 0 aliphatic heterocycles. The first kappa shape index (κ1) is 14.2. The van der Waals surface area contributed by atoms with Gasteiger partial charge in [0, 0.05) is 16.8 Å².